The van der Waals surface area contributed by atoms with Crippen LogP contribution in [0.3, 0.4) is 0 Å². The van der Waals surface area contributed by atoms with Gasteiger partial charge in [0.25, 0.3) is 5.69 Å². The van der Waals surface area contributed by atoms with E-state index in [1.807, 2.05) is 0 Å². The van der Waals surface area contributed by atoms with Crippen molar-refractivity contribution in [3.8, 4) is 0 Å². The van der Waals surface area contributed by atoms with Gasteiger partial charge in [0, 0.05) is 25.7 Å². The maximum Gasteiger partial charge on any atom is 0.293 e. The molecule has 1 aromatic rings. The molecule has 2 N–H and O–H groups in total. The molecule has 0 bridgehead atoms. The van der Waals surface area contributed by atoms with Crippen molar-refractivity contribution in [1.82, 2.24) is 4.72 Å². The molecule has 0 aromatic heterocycles. The summed E-state index contributed by atoms with van der Waals surface area (Å²) in [6, 6.07) is 3.73. The Morgan fingerprint density at radius 2 is 1.96 bits per heavy atom. The predicted octanol–water partition coefficient (Wildman–Crippen LogP) is 1.88. The van der Waals surface area contributed by atoms with Gasteiger partial charge >= 0.3 is 0 Å². The van der Waals surface area contributed by atoms with Crippen molar-refractivity contribution in [2.75, 3.05) is 25.1 Å². The molecular formula is C16H25N3O5S. The minimum absolute atomic E-state index is 0.112. The molecular weight excluding hydrogens is 346 g/mol. The zero-order chi connectivity index (χ0) is 18.6. The Balaban J connectivity index is 2.25. The average molecular weight is 371 g/mol. The summed E-state index contributed by atoms with van der Waals surface area (Å²) in [6.45, 7) is 2.20. The quantitative estimate of drug-likeness (QED) is 0.559. The fraction of sp³-hybridized carbons (Fsp3) is 0.625. The number of hydrogen-bond acceptors (Lipinski definition) is 6. The second-order valence-electron chi connectivity index (χ2n) is 6.63. The molecule has 2 rings (SSSR count). The predicted molar refractivity (Wildman–Crippen MR) is 95.2 cm³/mol. The van der Waals surface area contributed by atoms with Crippen molar-refractivity contribution in [3.63, 3.8) is 0 Å². The lowest BCUT2D eigenvalue weighted by Crippen LogP contribution is -2.37. The normalized spacial score (nSPS) is 21.1. The van der Waals surface area contributed by atoms with Crippen molar-refractivity contribution >= 4 is 21.4 Å². The van der Waals surface area contributed by atoms with E-state index in [1.165, 1.54) is 17.0 Å². The molecule has 9 heteroatoms. The van der Waals surface area contributed by atoms with Crippen LogP contribution in [0.25, 0.3) is 0 Å². The lowest BCUT2D eigenvalue weighted by atomic mass is 9.88. The van der Waals surface area contributed by atoms with E-state index in [2.05, 4.69) is 11.6 Å². The van der Waals surface area contributed by atoms with Gasteiger partial charge in [-0.3, -0.25) is 10.1 Å². The summed E-state index contributed by atoms with van der Waals surface area (Å²) < 4.78 is 27.8. The van der Waals surface area contributed by atoms with E-state index in [1.54, 1.807) is 7.05 Å². The molecule has 0 saturated heterocycles. The largest absolute Gasteiger partial charge is 0.395 e. The molecule has 1 saturated carbocycles. The number of nitrogens with one attached hydrogen (secondary N) is 1. The third-order valence-electron chi connectivity index (χ3n) is 4.64. The fourth-order valence-corrected chi connectivity index (χ4v) is 4.40. The van der Waals surface area contributed by atoms with E-state index >= 15 is 0 Å². The number of aliphatic hydroxyl groups is 1. The first-order valence-electron chi connectivity index (χ1n) is 8.37. The molecule has 0 spiro atoms. The van der Waals surface area contributed by atoms with E-state index in [0.717, 1.165) is 31.7 Å². The number of anilines is 1. The van der Waals surface area contributed by atoms with Crippen LogP contribution in [0.5, 0.6) is 0 Å². The third-order valence-corrected chi connectivity index (χ3v) is 6.16. The molecule has 1 fully saturated rings. The van der Waals surface area contributed by atoms with E-state index in [0.29, 0.717) is 5.92 Å². The van der Waals surface area contributed by atoms with Crippen LogP contribution in [0.2, 0.25) is 0 Å². The Morgan fingerprint density at radius 1 is 1.32 bits per heavy atom. The summed E-state index contributed by atoms with van der Waals surface area (Å²) in [4.78, 5) is 12.1. The first kappa shape index (κ1) is 19.6. The number of hydrogen-bond donors (Lipinski definition) is 2. The van der Waals surface area contributed by atoms with Crippen molar-refractivity contribution < 1.29 is 18.4 Å². The topological polar surface area (TPSA) is 113 Å². The van der Waals surface area contributed by atoms with Gasteiger partial charge in [0.15, 0.2) is 0 Å². The van der Waals surface area contributed by atoms with Crippen molar-refractivity contribution in [3.05, 3.63) is 28.3 Å². The highest BCUT2D eigenvalue weighted by atomic mass is 32.2. The fourth-order valence-electron chi connectivity index (χ4n) is 3.08. The van der Waals surface area contributed by atoms with Crippen LogP contribution in [-0.4, -0.2) is 44.7 Å². The molecule has 1 aliphatic rings. The number of nitro groups is 1. The molecule has 0 aliphatic heterocycles. The minimum Gasteiger partial charge on any atom is -0.395 e. The Kier molecular flexibility index (Phi) is 6.36. The second-order valence-corrected chi connectivity index (χ2v) is 8.34. The number of aliphatic hydroxyl groups excluding tert-OH is 1. The van der Waals surface area contributed by atoms with Gasteiger partial charge in [0.1, 0.15) is 5.69 Å². The summed E-state index contributed by atoms with van der Waals surface area (Å²) in [5.74, 6) is 0.600. The van der Waals surface area contributed by atoms with Crippen LogP contribution in [0, 0.1) is 16.0 Å². The van der Waals surface area contributed by atoms with E-state index in [-0.39, 0.29) is 35.5 Å². The van der Waals surface area contributed by atoms with E-state index in [4.69, 9.17) is 5.11 Å². The minimum atomic E-state index is -3.81. The summed E-state index contributed by atoms with van der Waals surface area (Å²) in [5, 5.41) is 20.3. The van der Waals surface area contributed by atoms with Gasteiger partial charge in [-0.25, -0.2) is 13.1 Å². The number of sulfonamides is 1. The molecule has 0 atom stereocenters. The van der Waals surface area contributed by atoms with Gasteiger partial charge in [-0.2, -0.15) is 0 Å². The van der Waals surface area contributed by atoms with Crippen LogP contribution < -0.4 is 9.62 Å². The highest BCUT2D eigenvalue weighted by Crippen LogP contribution is 2.31. The van der Waals surface area contributed by atoms with Crippen LogP contribution in [0.4, 0.5) is 11.4 Å². The summed E-state index contributed by atoms with van der Waals surface area (Å²) in [7, 11) is -2.21. The van der Waals surface area contributed by atoms with Crippen LogP contribution in [0.15, 0.2) is 23.1 Å². The molecule has 0 unspecified atom stereocenters. The van der Waals surface area contributed by atoms with Gasteiger partial charge < -0.3 is 10.0 Å². The lowest BCUT2D eigenvalue weighted by Gasteiger charge is -2.26. The summed E-state index contributed by atoms with van der Waals surface area (Å²) in [5.41, 5.74) is -0.0272. The first-order valence-corrected chi connectivity index (χ1v) is 9.85. The number of benzene rings is 1. The molecule has 0 heterocycles. The zero-order valence-electron chi connectivity index (χ0n) is 14.5. The molecule has 8 nitrogen and oxygen atoms in total. The molecule has 1 aliphatic carbocycles. The Bertz CT molecular complexity index is 714. The average Bonchev–Trinajstić information content (AvgIpc) is 2.56. The number of likely N-dealkylation sites (N-methyl/N-ethyl adjacent to an activating group) is 1. The standard InChI is InChI=1S/C16H25N3O5S/c1-12-3-5-13(6-4-12)17-25(23,24)14-7-8-15(18(2)9-10-20)16(11-14)19(21)22/h7-8,11-13,17,20H,3-6,9-10H2,1-2H3. The van der Waals surface area contributed by atoms with Crippen LogP contribution in [0.1, 0.15) is 32.6 Å². The lowest BCUT2D eigenvalue weighted by molar-refractivity contribution is -0.384. The monoisotopic (exact) mass is 371 g/mol. The zero-order valence-corrected chi connectivity index (χ0v) is 15.3. The smallest absolute Gasteiger partial charge is 0.293 e. The first-order chi connectivity index (χ1) is 11.7. The van der Waals surface area contributed by atoms with Gasteiger partial charge in [0.05, 0.1) is 16.4 Å². The Labute approximate surface area is 148 Å². The number of rotatable bonds is 7. The summed E-state index contributed by atoms with van der Waals surface area (Å²) >= 11 is 0. The third kappa shape index (κ3) is 4.90. The summed E-state index contributed by atoms with van der Waals surface area (Å²) in [6.07, 6.45) is 3.50. The number of nitrogens with zero attached hydrogens (tertiary/aromatic N) is 2. The molecule has 25 heavy (non-hydrogen) atoms. The highest BCUT2D eigenvalue weighted by Gasteiger charge is 2.27. The van der Waals surface area contributed by atoms with E-state index < -0.39 is 14.9 Å². The molecule has 1 aromatic carbocycles. The van der Waals surface area contributed by atoms with Gasteiger partial charge in [-0.1, -0.05) is 6.92 Å². The molecule has 0 amide bonds. The van der Waals surface area contributed by atoms with E-state index in [9.17, 15) is 18.5 Å². The van der Waals surface area contributed by atoms with Crippen molar-refractivity contribution in [2.45, 2.75) is 43.5 Å². The van der Waals surface area contributed by atoms with Crippen molar-refractivity contribution in [2.24, 2.45) is 5.92 Å². The molecule has 0 radical (unpaired) electrons. The maximum atomic E-state index is 12.6. The SMILES string of the molecule is CC1CCC(NS(=O)(=O)c2ccc(N(C)CCO)c([N+](=O)[O-])c2)CC1. The van der Waals surface area contributed by atoms with Gasteiger partial charge in [-0.05, 0) is 43.7 Å². The number of nitro benzene ring substituents is 1. The molecule has 140 valence electrons. The maximum absolute atomic E-state index is 12.6. The van der Waals surface area contributed by atoms with Crippen LogP contribution >= 0.6 is 0 Å². The van der Waals surface area contributed by atoms with Gasteiger partial charge in [-0.15, -0.1) is 0 Å². The van der Waals surface area contributed by atoms with Crippen LogP contribution in [-0.2, 0) is 10.0 Å². The Morgan fingerprint density at radius 3 is 2.52 bits per heavy atom. The second kappa shape index (κ2) is 8.11. The van der Waals surface area contributed by atoms with Crippen molar-refractivity contribution in [1.29, 1.82) is 0 Å². The Hall–Kier alpha value is -1.71. The van der Waals surface area contributed by atoms with Gasteiger partial charge in [0.2, 0.25) is 10.0 Å². The highest BCUT2D eigenvalue weighted by molar-refractivity contribution is 7.89.